The molecule has 92 valence electrons. The number of aryl methyl sites for hydroxylation is 1. The summed E-state index contributed by atoms with van der Waals surface area (Å²) in [4.78, 5) is 4.67. The van der Waals surface area contributed by atoms with Gasteiger partial charge in [0.15, 0.2) is 5.82 Å². The quantitative estimate of drug-likeness (QED) is 0.807. The number of aromatic amines is 1. The summed E-state index contributed by atoms with van der Waals surface area (Å²) in [5, 5.41) is 7.55. The molecule has 1 N–H and O–H groups in total. The number of nitrogens with one attached hydrogen (secondary N) is 1. The average molecular weight is 231 g/mol. The molecule has 17 heavy (non-hydrogen) atoms. The summed E-state index contributed by atoms with van der Waals surface area (Å²) in [5.41, 5.74) is 0.905. The Morgan fingerprint density at radius 3 is 2.41 bits per heavy atom. The minimum atomic E-state index is 0.323. The van der Waals surface area contributed by atoms with E-state index in [1.54, 1.807) is 0 Å². The second kappa shape index (κ2) is 2.93. The first-order valence-electron chi connectivity index (χ1n) is 6.97. The zero-order valence-electron chi connectivity index (χ0n) is 10.8. The lowest BCUT2D eigenvalue weighted by molar-refractivity contribution is -0.0647. The molecule has 1 heterocycles. The summed E-state index contributed by atoms with van der Waals surface area (Å²) in [6.45, 7) is 4.51. The van der Waals surface area contributed by atoms with Crippen LogP contribution in [0.25, 0.3) is 0 Å². The Hall–Kier alpha value is -0.860. The second-order valence-electron chi connectivity index (χ2n) is 7.30. The average Bonchev–Trinajstić information content (AvgIpc) is 2.61. The van der Waals surface area contributed by atoms with Crippen LogP contribution >= 0.6 is 0 Å². The first-order chi connectivity index (χ1) is 8.07. The molecule has 2 atom stereocenters. The van der Waals surface area contributed by atoms with Gasteiger partial charge in [0.2, 0.25) is 0 Å². The first kappa shape index (κ1) is 10.1. The Kier molecular flexibility index (Phi) is 1.74. The van der Waals surface area contributed by atoms with Gasteiger partial charge in [-0.05, 0) is 62.7 Å². The second-order valence-corrected chi connectivity index (χ2v) is 7.30. The van der Waals surface area contributed by atoms with Gasteiger partial charge in [0, 0.05) is 5.41 Å². The van der Waals surface area contributed by atoms with Crippen molar-refractivity contribution in [2.45, 2.75) is 57.8 Å². The van der Waals surface area contributed by atoms with Crippen LogP contribution < -0.4 is 0 Å². The molecule has 0 aromatic carbocycles. The van der Waals surface area contributed by atoms with Gasteiger partial charge in [0.05, 0.1) is 0 Å². The molecule has 4 aliphatic rings. The summed E-state index contributed by atoms with van der Waals surface area (Å²) in [5.74, 6) is 3.98. The maximum Gasteiger partial charge on any atom is 0.156 e. The molecule has 4 aliphatic carbocycles. The van der Waals surface area contributed by atoms with E-state index in [0.29, 0.717) is 10.8 Å². The predicted molar refractivity (Wildman–Crippen MR) is 65.6 cm³/mol. The SMILES string of the molecule is Cc1nc(C23CC4CC(CC(C)(C4)C2)C3)n[nH]1. The van der Waals surface area contributed by atoms with E-state index in [4.69, 9.17) is 0 Å². The van der Waals surface area contributed by atoms with Crippen molar-refractivity contribution in [3.8, 4) is 0 Å². The standard InChI is InChI=1S/C14H21N3/c1-9-15-12(17-16-9)14-6-10-3-11(7-14)5-13(2,4-10)8-14/h10-11H,3-8H2,1-2H3,(H,15,16,17). The number of hydrogen-bond donors (Lipinski definition) is 1. The number of aromatic nitrogens is 3. The highest BCUT2D eigenvalue weighted by molar-refractivity contribution is 5.19. The normalized spacial score (nSPS) is 47.6. The van der Waals surface area contributed by atoms with E-state index in [-0.39, 0.29) is 0 Å². The van der Waals surface area contributed by atoms with E-state index in [1.807, 2.05) is 6.92 Å². The van der Waals surface area contributed by atoms with Crippen molar-refractivity contribution in [1.82, 2.24) is 15.2 Å². The molecule has 0 saturated heterocycles. The fraction of sp³-hybridized carbons (Fsp3) is 0.857. The zero-order valence-corrected chi connectivity index (χ0v) is 10.8. The summed E-state index contributed by atoms with van der Waals surface area (Å²) in [6.07, 6.45) is 8.39. The van der Waals surface area contributed by atoms with Crippen LogP contribution in [0.4, 0.5) is 0 Å². The van der Waals surface area contributed by atoms with E-state index in [0.717, 1.165) is 23.5 Å². The molecular weight excluding hydrogens is 210 g/mol. The molecule has 0 aliphatic heterocycles. The van der Waals surface area contributed by atoms with Gasteiger partial charge in [0.1, 0.15) is 5.82 Å². The number of hydrogen-bond acceptors (Lipinski definition) is 2. The van der Waals surface area contributed by atoms with Gasteiger partial charge < -0.3 is 0 Å². The Morgan fingerprint density at radius 1 is 1.18 bits per heavy atom. The molecule has 4 bridgehead atoms. The molecule has 0 radical (unpaired) electrons. The van der Waals surface area contributed by atoms with Gasteiger partial charge in [-0.3, -0.25) is 5.10 Å². The maximum absolute atomic E-state index is 4.67. The van der Waals surface area contributed by atoms with Gasteiger partial charge in [-0.15, -0.1) is 0 Å². The Labute approximate surface area is 102 Å². The number of nitrogens with zero attached hydrogens (tertiary/aromatic N) is 2. The van der Waals surface area contributed by atoms with E-state index in [1.165, 1.54) is 38.5 Å². The van der Waals surface area contributed by atoms with Gasteiger partial charge in [-0.1, -0.05) is 6.92 Å². The number of rotatable bonds is 1. The zero-order chi connectivity index (χ0) is 11.7. The molecule has 5 rings (SSSR count). The third-order valence-electron chi connectivity index (χ3n) is 5.43. The molecule has 4 fully saturated rings. The topological polar surface area (TPSA) is 41.6 Å². The molecule has 2 unspecified atom stereocenters. The van der Waals surface area contributed by atoms with Crippen LogP contribution in [0.3, 0.4) is 0 Å². The van der Waals surface area contributed by atoms with Crippen molar-refractivity contribution in [3.63, 3.8) is 0 Å². The highest BCUT2D eigenvalue weighted by Crippen LogP contribution is 2.64. The largest absolute Gasteiger partial charge is 0.263 e. The third-order valence-corrected chi connectivity index (χ3v) is 5.43. The fourth-order valence-electron chi connectivity index (χ4n) is 5.56. The van der Waals surface area contributed by atoms with Crippen LogP contribution in [0.5, 0.6) is 0 Å². The maximum atomic E-state index is 4.67. The molecular formula is C14H21N3. The van der Waals surface area contributed by atoms with Gasteiger partial charge in [-0.2, -0.15) is 5.10 Å². The minimum absolute atomic E-state index is 0.323. The van der Waals surface area contributed by atoms with E-state index in [9.17, 15) is 0 Å². The van der Waals surface area contributed by atoms with E-state index >= 15 is 0 Å². The van der Waals surface area contributed by atoms with Gasteiger partial charge in [0.25, 0.3) is 0 Å². The van der Waals surface area contributed by atoms with Gasteiger partial charge >= 0.3 is 0 Å². The lowest BCUT2D eigenvalue weighted by Gasteiger charge is -2.60. The van der Waals surface area contributed by atoms with Crippen LogP contribution in [0, 0.1) is 24.2 Å². The third kappa shape index (κ3) is 1.34. The molecule has 0 spiro atoms. The Balaban J connectivity index is 1.79. The van der Waals surface area contributed by atoms with E-state index in [2.05, 4.69) is 22.1 Å². The molecule has 3 heteroatoms. The highest BCUT2D eigenvalue weighted by atomic mass is 15.2. The Morgan fingerprint density at radius 2 is 1.88 bits per heavy atom. The molecule has 3 nitrogen and oxygen atoms in total. The highest BCUT2D eigenvalue weighted by Gasteiger charge is 2.57. The van der Waals surface area contributed by atoms with Crippen molar-refractivity contribution in [2.24, 2.45) is 17.3 Å². The summed E-state index contributed by atoms with van der Waals surface area (Å²) in [6, 6.07) is 0. The Bertz CT molecular complexity index is 448. The number of H-pyrrole nitrogens is 1. The van der Waals surface area contributed by atoms with Crippen molar-refractivity contribution < 1.29 is 0 Å². The van der Waals surface area contributed by atoms with Crippen molar-refractivity contribution >= 4 is 0 Å². The summed E-state index contributed by atoms with van der Waals surface area (Å²) in [7, 11) is 0. The minimum Gasteiger partial charge on any atom is -0.263 e. The predicted octanol–water partition coefficient (Wildman–Crippen LogP) is 2.97. The lowest BCUT2D eigenvalue weighted by atomic mass is 9.44. The van der Waals surface area contributed by atoms with Crippen LogP contribution in [-0.4, -0.2) is 15.2 Å². The van der Waals surface area contributed by atoms with E-state index < -0.39 is 0 Å². The van der Waals surface area contributed by atoms with Crippen LogP contribution in [0.15, 0.2) is 0 Å². The first-order valence-corrected chi connectivity index (χ1v) is 6.97. The van der Waals surface area contributed by atoms with Crippen molar-refractivity contribution in [2.75, 3.05) is 0 Å². The smallest absolute Gasteiger partial charge is 0.156 e. The van der Waals surface area contributed by atoms with Crippen LogP contribution in [0.1, 0.15) is 57.1 Å². The molecule has 1 aromatic heterocycles. The molecule has 4 saturated carbocycles. The summed E-state index contributed by atoms with van der Waals surface area (Å²) >= 11 is 0. The van der Waals surface area contributed by atoms with Crippen molar-refractivity contribution in [1.29, 1.82) is 0 Å². The fourth-order valence-corrected chi connectivity index (χ4v) is 5.56. The van der Waals surface area contributed by atoms with Crippen LogP contribution in [-0.2, 0) is 5.41 Å². The van der Waals surface area contributed by atoms with Crippen LogP contribution in [0.2, 0.25) is 0 Å². The molecule has 0 amide bonds. The molecule has 1 aromatic rings. The monoisotopic (exact) mass is 231 g/mol. The van der Waals surface area contributed by atoms with Gasteiger partial charge in [-0.25, -0.2) is 4.98 Å². The van der Waals surface area contributed by atoms with Crippen molar-refractivity contribution in [3.05, 3.63) is 11.6 Å². The lowest BCUT2D eigenvalue weighted by Crippen LogP contribution is -2.53. The summed E-state index contributed by atoms with van der Waals surface area (Å²) < 4.78 is 0.